The van der Waals surface area contributed by atoms with Crippen LogP contribution in [-0.4, -0.2) is 5.91 Å². The number of carbonyl (C=O) groups is 1. The molecule has 0 atom stereocenters. The Labute approximate surface area is 102 Å². The number of thiophene rings is 1. The van der Waals surface area contributed by atoms with Crippen molar-refractivity contribution in [1.82, 2.24) is 0 Å². The van der Waals surface area contributed by atoms with Crippen LogP contribution in [0.3, 0.4) is 0 Å². The van der Waals surface area contributed by atoms with E-state index < -0.39 is 0 Å². The molecular formula is C12H9NOS2. The predicted octanol–water partition coefficient (Wildman–Crippen LogP) is 3.61. The molecule has 1 aromatic carbocycles. The zero-order chi connectivity index (χ0) is 11.0. The van der Waals surface area contributed by atoms with Crippen LogP contribution in [-0.2, 0) is 5.75 Å². The highest BCUT2D eigenvalue weighted by Gasteiger charge is 2.18. The topological polar surface area (TPSA) is 29.1 Å². The van der Waals surface area contributed by atoms with Crippen LogP contribution in [0.4, 0.5) is 5.69 Å². The first-order valence-corrected chi connectivity index (χ1v) is 6.80. The second kappa shape index (κ2) is 3.96. The molecule has 0 spiro atoms. The number of benzene rings is 1. The highest BCUT2D eigenvalue weighted by molar-refractivity contribution is 8.00. The van der Waals surface area contributed by atoms with Gasteiger partial charge in [0.15, 0.2) is 0 Å². The van der Waals surface area contributed by atoms with E-state index in [0.29, 0.717) is 0 Å². The summed E-state index contributed by atoms with van der Waals surface area (Å²) >= 11 is 3.36. The van der Waals surface area contributed by atoms with Crippen molar-refractivity contribution in [2.45, 2.75) is 9.96 Å². The van der Waals surface area contributed by atoms with Crippen molar-refractivity contribution in [2.24, 2.45) is 0 Å². The summed E-state index contributed by atoms with van der Waals surface area (Å²) in [6.07, 6.45) is 0. The van der Waals surface area contributed by atoms with E-state index in [4.69, 9.17) is 0 Å². The summed E-state index contributed by atoms with van der Waals surface area (Å²) in [6.45, 7) is 0. The highest BCUT2D eigenvalue weighted by atomic mass is 32.2. The van der Waals surface area contributed by atoms with E-state index >= 15 is 0 Å². The molecule has 80 valence electrons. The second-order valence-electron chi connectivity index (χ2n) is 3.52. The number of hydrogen-bond acceptors (Lipinski definition) is 3. The lowest BCUT2D eigenvalue weighted by Crippen LogP contribution is -2.14. The first-order valence-electron chi connectivity index (χ1n) is 4.94. The monoisotopic (exact) mass is 247 g/mol. The Morgan fingerprint density at radius 1 is 1.19 bits per heavy atom. The molecule has 0 bridgehead atoms. The quantitative estimate of drug-likeness (QED) is 0.770. The van der Waals surface area contributed by atoms with Crippen LogP contribution < -0.4 is 5.32 Å². The van der Waals surface area contributed by atoms with Gasteiger partial charge in [0.1, 0.15) is 0 Å². The summed E-state index contributed by atoms with van der Waals surface area (Å²) in [5.74, 6) is 0.903. The van der Waals surface area contributed by atoms with E-state index in [-0.39, 0.29) is 5.91 Å². The number of fused-ring (bicyclic) bond motifs is 2. The molecule has 1 aromatic heterocycles. The molecule has 16 heavy (non-hydrogen) atoms. The Balaban J connectivity index is 2.06. The van der Waals surface area contributed by atoms with Crippen LogP contribution in [0.5, 0.6) is 0 Å². The third-order valence-corrected chi connectivity index (χ3v) is 4.78. The summed E-state index contributed by atoms with van der Waals surface area (Å²) in [5.41, 5.74) is 2.90. The Hall–Kier alpha value is -1.26. The molecule has 0 radical (unpaired) electrons. The zero-order valence-electron chi connectivity index (χ0n) is 8.40. The lowest BCUT2D eigenvalue weighted by atomic mass is 10.2. The summed E-state index contributed by atoms with van der Waals surface area (Å²) < 4.78 is 1.10. The van der Waals surface area contributed by atoms with Gasteiger partial charge in [0.25, 0.3) is 5.91 Å². The van der Waals surface area contributed by atoms with Crippen molar-refractivity contribution in [3.63, 3.8) is 0 Å². The van der Waals surface area contributed by atoms with Gasteiger partial charge < -0.3 is 5.32 Å². The molecule has 0 fully saturated rings. The molecule has 1 amide bonds. The normalized spacial score (nSPS) is 14.4. The number of hydrogen-bond donors (Lipinski definition) is 1. The maximum absolute atomic E-state index is 12.0. The molecule has 1 N–H and O–H groups in total. The van der Waals surface area contributed by atoms with Crippen LogP contribution in [0.2, 0.25) is 0 Å². The van der Waals surface area contributed by atoms with Gasteiger partial charge >= 0.3 is 0 Å². The SMILES string of the molecule is O=C1Nc2ccccc2CSc2sccc21. The zero-order valence-corrected chi connectivity index (χ0v) is 10.0. The van der Waals surface area contributed by atoms with Gasteiger partial charge in [-0.3, -0.25) is 4.79 Å². The van der Waals surface area contributed by atoms with Crippen molar-refractivity contribution >= 4 is 34.7 Å². The first kappa shape index (κ1) is 9.93. The molecule has 0 aliphatic carbocycles. The summed E-state index contributed by atoms with van der Waals surface area (Å²) in [6, 6.07) is 9.84. The van der Waals surface area contributed by atoms with Crippen molar-refractivity contribution in [3.8, 4) is 0 Å². The summed E-state index contributed by atoms with van der Waals surface area (Å²) in [4.78, 5) is 12.0. The van der Waals surface area contributed by atoms with Crippen molar-refractivity contribution in [3.05, 3.63) is 46.8 Å². The minimum atomic E-state index is -0.00380. The number of thioether (sulfide) groups is 1. The van der Waals surface area contributed by atoms with Gasteiger partial charge in [0.05, 0.1) is 9.77 Å². The third kappa shape index (κ3) is 1.64. The van der Waals surface area contributed by atoms with Gasteiger partial charge in [0, 0.05) is 11.4 Å². The van der Waals surface area contributed by atoms with Crippen LogP contribution in [0, 0.1) is 0 Å². The molecule has 0 saturated carbocycles. The lowest BCUT2D eigenvalue weighted by molar-refractivity contribution is 0.102. The molecule has 1 aliphatic heterocycles. The molecule has 4 heteroatoms. The Kier molecular flexibility index (Phi) is 2.46. The molecule has 2 aromatic rings. The highest BCUT2D eigenvalue weighted by Crippen LogP contribution is 2.35. The maximum Gasteiger partial charge on any atom is 0.257 e. The summed E-state index contributed by atoms with van der Waals surface area (Å²) in [5, 5.41) is 4.92. The smallest absolute Gasteiger partial charge is 0.257 e. The average Bonchev–Trinajstić information content (AvgIpc) is 2.74. The Morgan fingerprint density at radius 3 is 3.00 bits per heavy atom. The molecular weight excluding hydrogens is 238 g/mol. The Morgan fingerprint density at radius 2 is 2.06 bits per heavy atom. The minimum Gasteiger partial charge on any atom is -0.322 e. The first-order chi connectivity index (χ1) is 7.84. The van der Waals surface area contributed by atoms with Gasteiger partial charge in [-0.25, -0.2) is 0 Å². The van der Waals surface area contributed by atoms with E-state index in [1.165, 1.54) is 5.56 Å². The third-order valence-electron chi connectivity index (χ3n) is 2.50. The predicted molar refractivity (Wildman–Crippen MR) is 68.3 cm³/mol. The van der Waals surface area contributed by atoms with Gasteiger partial charge in [0.2, 0.25) is 0 Å². The number of anilines is 1. The lowest BCUT2D eigenvalue weighted by Gasteiger charge is -2.14. The minimum absolute atomic E-state index is 0.00380. The average molecular weight is 247 g/mol. The second-order valence-corrected chi connectivity index (χ2v) is 5.68. The van der Waals surface area contributed by atoms with Crippen molar-refractivity contribution < 1.29 is 4.79 Å². The van der Waals surface area contributed by atoms with E-state index in [9.17, 15) is 4.79 Å². The van der Waals surface area contributed by atoms with Gasteiger partial charge in [-0.15, -0.1) is 23.1 Å². The number of para-hydroxylation sites is 1. The fourth-order valence-electron chi connectivity index (χ4n) is 1.68. The van der Waals surface area contributed by atoms with Gasteiger partial charge in [-0.2, -0.15) is 0 Å². The largest absolute Gasteiger partial charge is 0.322 e. The van der Waals surface area contributed by atoms with E-state index in [2.05, 4.69) is 11.4 Å². The van der Waals surface area contributed by atoms with Gasteiger partial charge in [-0.1, -0.05) is 18.2 Å². The molecule has 0 saturated heterocycles. The fraction of sp³-hybridized carbons (Fsp3) is 0.0833. The summed E-state index contributed by atoms with van der Waals surface area (Å²) in [7, 11) is 0. The standard InChI is InChI=1S/C12H9NOS2/c14-11-9-5-6-15-12(9)16-7-8-3-1-2-4-10(8)13-11/h1-6H,7H2,(H,13,14). The number of amides is 1. The van der Waals surface area contributed by atoms with Crippen LogP contribution in [0.1, 0.15) is 15.9 Å². The van der Waals surface area contributed by atoms with Crippen LogP contribution in [0.25, 0.3) is 0 Å². The molecule has 2 nitrogen and oxygen atoms in total. The number of rotatable bonds is 0. The van der Waals surface area contributed by atoms with Crippen molar-refractivity contribution in [2.75, 3.05) is 5.32 Å². The van der Waals surface area contributed by atoms with Crippen LogP contribution >= 0.6 is 23.1 Å². The van der Waals surface area contributed by atoms with Gasteiger partial charge in [-0.05, 0) is 23.1 Å². The van der Waals surface area contributed by atoms with E-state index in [1.807, 2.05) is 29.6 Å². The number of carbonyl (C=O) groups excluding carboxylic acids is 1. The molecule has 1 aliphatic rings. The molecule has 3 rings (SSSR count). The van der Waals surface area contributed by atoms with E-state index in [1.54, 1.807) is 23.1 Å². The van der Waals surface area contributed by atoms with Crippen LogP contribution in [0.15, 0.2) is 39.9 Å². The van der Waals surface area contributed by atoms with E-state index in [0.717, 1.165) is 21.2 Å². The molecule has 0 unspecified atom stereocenters. The molecule has 2 heterocycles. The number of nitrogens with one attached hydrogen (secondary N) is 1. The van der Waals surface area contributed by atoms with Crippen molar-refractivity contribution in [1.29, 1.82) is 0 Å². The Bertz CT molecular complexity index is 547. The maximum atomic E-state index is 12.0. The fourth-order valence-corrected chi connectivity index (χ4v) is 3.76.